The fourth-order valence-corrected chi connectivity index (χ4v) is 6.28. The maximum absolute atomic E-state index is 14.9. The van der Waals surface area contributed by atoms with E-state index >= 15 is 0 Å². The van der Waals surface area contributed by atoms with Crippen LogP contribution in [0.15, 0.2) is 47.6 Å². The van der Waals surface area contributed by atoms with Crippen LogP contribution < -0.4 is 5.32 Å². The first-order valence-electron chi connectivity index (χ1n) is 9.98. The van der Waals surface area contributed by atoms with Gasteiger partial charge in [-0.25, -0.2) is 22.0 Å². The Morgan fingerprint density at radius 3 is 2.39 bits per heavy atom. The molecule has 0 radical (unpaired) electrons. The zero-order chi connectivity index (χ0) is 22.9. The van der Waals surface area contributed by atoms with E-state index in [-0.39, 0.29) is 30.8 Å². The van der Waals surface area contributed by atoms with Gasteiger partial charge < -0.3 is 10.2 Å². The molecule has 31 heavy (non-hydrogen) atoms. The fraction of sp³-hybridized carbons (Fsp3) is 0.476. The number of benzene rings is 1. The van der Waals surface area contributed by atoms with E-state index < -0.39 is 32.5 Å². The number of hydrogen-bond donors (Lipinski definition) is 1. The normalized spacial score (nSPS) is 17.8. The average molecular weight is 453 g/mol. The van der Waals surface area contributed by atoms with E-state index in [0.717, 1.165) is 6.92 Å². The number of sulfone groups is 1. The van der Waals surface area contributed by atoms with Crippen LogP contribution in [0.5, 0.6) is 0 Å². The summed E-state index contributed by atoms with van der Waals surface area (Å²) >= 11 is 0. The highest BCUT2D eigenvalue weighted by Gasteiger charge is 2.61. The molecule has 1 N–H and O–H groups in total. The molecule has 3 rings (SSSR count). The predicted octanol–water partition coefficient (Wildman–Crippen LogP) is 3.92. The van der Waals surface area contributed by atoms with E-state index in [2.05, 4.69) is 15.5 Å². The van der Waals surface area contributed by atoms with Gasteiger partial charge >= 0.3 is 6.03 Å². The Morgan fingerprint density at radius 1 is 1.16 bits per heavy atom. The van der Waals surface area contributed by atoms with Crippen LogP contribution in [-0.4, -0.2) is 53.3 Å². The Bertz CT molecular complexity index is 1040. The maximum atomic E-state index is 14.9. The van der Waals surface area contributed by atoms with Crippen LogP contribution in [-0.2, 0) is 9.84 Å². The zero-order valence-electron chi connectivity index (χ0n) is 17.7. The monoisotopic (exact) mass is 452 g/mol. The molecule has 2 aromatic rings. The second-order valence-corrected chi connectivity index (χ2v) is 10.5. The number of nitrogens with zero attached hydrogens (tertiary/aromatic N) is 3. The lowest BCUT2D eigenvalue weighted by molar-refractivity contribution is -0.0470. The smallest absolute Gasteiger partial charge is 0.321 e. The van der Waals surface area contributed by atoms with Gasteiger partial charge in [0, 0.05) is 20.0 Å². The van der Waals surface area contributed by atoms with Crippen molar-refractivity contribution in [2.75, 3.05) is 18.4 Å². The van der Waals surface area contributed by atoms with Crippen LogP contribution in [0.4, 0.5) is 19.3 Å². The molecule has 7 nitrogen and oxygen atoms in total. The van der Waals surface area contributed by atoms with Crippen molar-refractivity contribution in [2.45, 2.75) is 49.2 Å². The molecule has 1 aliphatic rings. The molecule has 2 heterocycles. The van der Waals surface area contributed by atoms with Crippen LogP contribution in [0.2, 0.25) is 0 Å². The molecule has 0 saturated carbocycles. The van der Waals surface area contributed by atoms with Crippen LogP contribution in [0.1, 0.15) is 32.3 Å². The van der Waals surface area contributed by atoms with E-state index in [1.807, 2.05) is 0 Å². The number of likely N-dealkylation sites (tertiary alicyclic amines) is 1. The minimum absolute atomic E-state index is 0.109. The van der Waals surface area contributed by atoms with Gasteiger partial charge in [0.1, 0.15) is 4.75 Å². The Kier molecular flexibility index (Phi) is 6.31. The molecule has 0 aliphatic carbocycles. The summed E-state index contributed by atoms with van der Waals surface area (Å²) in [7, 11) is -4.35. The lowest BCUT2D eigenvalue weighted by atomic mass is 9.81. The zero-order valence-corrected chi connectivity index (χ0v) is 18.5. The standard InChI is InChI=1S/C21H26F2N4O3S/c1-15-5-4-6-18(13-15)31(29,30)20(2,21(3,22)23)16-8-11-27(12-9-16)19(28)26-17-7-10-24-25-14-17/h4-7,10,13-14,16H,8-9,11-12H2,1-3H3,(H,24,26,28). The number of hydrogen-bond acceptors (Lipinski definition) is 5. The highest BCUT2D eigenvalue weighted by molar-refractivity contribution is 7.93. The molecule has 1 aliphatic heterocycles. The van der Waals surface area contributed by atoms with E-state index in [9.17, 15) is 22.0 Å². The van der Waals surface area contributed by atoms with Crippen molar-refractivity contribution in [1.29, 1.82) is 0 Å². The highest BCUT2D eigenvalue weighted by Crippen LogP contribution is 2.47. The molecule has 1 fully saturated rings. The van der Waals surface area contributed by atoms with Gasteiger partial charge in [0.25, 0.3) is 5.92 Å². The van der Waals surface area contributed by atoms with Crippen molar-refractivity contribution in [3.8, 4) is 0 Å². The predicted molar refractivity (Wildman–Crippen MR) is 113 cm³/mol. The van der Waals surface area contributed by atoms with Gasteiger partial charge in [0.2, 0.25) is 0 Å². The topological polar surface area (TPSA) is 92.3 Å². The van der Waals surface area contributed by atoms with Gasteiger partial charge in [-0.1, -0.05) is 12.1 Å². The number of piperidine rings is 1. The number of carbonyl (C=O) groups excluding carboxylic acids is 1. The Labute approximate surface area is 180 Å². The Hall–Kier alpha value is -2.62. The second kappa shape index (κ2) is 8.49. The lowest BCUT2D eigenvalue weighted by Crippen LogP contribution is -2.58. The third-order valence-corrected chi connectivity index (χ3v) is 8.81. The molecule has 1 unspecified atom stereocenters. The highest BCUT2D eigenvalue weighted by atomic mass is 32.2. The first-order chi connectivity index (χ1) is 14.5. The summed E-state index contributed by atoms with van der Waals surface area (Å²) in [5, 5.41) is 9.99. The number of anilines is 1. The summed E-state index contributed by atoms with van der Waals surface area (Å²) in [5.41, 5.74) is 1.15. The number of urea groups is 1. The molecule has 1 aromatic heterocycles. The maximum Gasteiger partial charge on any atom is 0.321 e. The summed E-state index contributed by atoms with van der Waals surface area (Å²) in [6.45, 7) is 3.85. The number of aryl methyl sites for hydroxylation is 1. The number of amides is 2. The minimum atomic E-state index is -4.35. The van der Waals surface area contributed by atoms with Gasteiger partial charge in [0.05, 0.1) is 23.0 Å². The van der Waals surface area contributed by atoms with Crippen molar-refractivity contribution in [1.82, 2.24) is 15.1 Å². The number of nitrogens with one attached hydrogen (secondary N) is 1. The van der Waals surface area contributed by atoms with Crippen molar-refractivity contribution >= 4 is 21.6 Å². The Morgan fingerprint density at radius 2 is 1.84 bits per heavy atom. The number of rotatable bonds is 5. The minimum Gasteiger partial charge on any atom is -0.325 e. The van der Waals surface area contributed by atoms with E-state index in [0.29, 0.717) is 18.2 Å². The number of alkyl halides is 2. The van der Waals surface area contributed by atoms with E-state index in [4.69, 9.17) is 0 Å². The number of carbonyl (C=O) groups is 1. The molecular weight excluding hydrogens is 426 g/mol. The van der Waals surface area contributed by atoms with Crippen LogP contribution in [0.3, 0.4) is 0 Å². The second-order valence-electron chi connectivity index (χ2n) is 8.14. The first-order valence-corrected chi connectivity index (χ1v) is 11.5. The average Bonchev–Trinajstić information content (AvgIpc) is 2.73. The van der Waals surface area contributed by atoms with Crippen molar-refractivity contribution in [3.05, 3.63) is 48.3 Å². The van der Waals surface area contributed by atoms with Crippen molar-refractivity contribution < 1.29 is 22.0 Å². The summed E-state index contributed by atoms with van der Waals surface area (Å²) in [5.74, 6) is -4.29. The SMILES string of the molecule is Cc1cccc(S(=O)(=O)C(C)(C2CCN(C(=O)Nc3ccnnc3)CC2)C(C)(F)F)c1. The lowest BCUT2D eigenvalue weighted by Gasteiger charge is -2.44. The molecule has 10 heteroatoms. The van der Waals surface area contributed by atoms with Crippen LogP contribution in [0, 0.1) is 12.8 Å². The molecule has 1 saturated heterocycles. The number of aromatic nitrogens is 2. The van der Waals surface area contributed by atoms with Crippen LogP contribution >= 0.6 is 0 Å². The Balaban J connectivity index is 1.81. The largest absolute Gasteiger partial charge is 0.325 e. The molecule has 0 bridgehead atoms. The molecule has 0 spiro atoms. The van der Waals surface area contributed by atoms with Gasteiger partial charge in [-0.3, -0.25) is 0 Å². The van der Waals surface area contributed by atoms with Crippen molar-refractivity contribution in [3.63, 3.8) is 0 Å². The molecule has 2 amide bonds. The van der Waals surface area contributed by atoms with E-state index in [1.165, 1.54) is 29.4 Å². The van der Waals surface area contributed by atoms with Gasteiger partial charge in [-0.2, -0.15) is 10.2 Å². The summed E-state index contributed by atoms with van der Waals surface area (Å²) < 4.78 is 54.3. The molecule has 1 atom stereocenters. The quantitative estimate of drug-likeness (QED) is 0.742. The summed E-state index contributed by atoms with van der Waals surface area (Å²) in [4.78, 5) is 13.9. The first kappa shape index (κ1) is 23.1. The fourth-order valence-electron chi connectivity index (χ4n) is 4.04. The molecular formula is C21H26F2N4O3S. The van der Waals surface area contributed by atoms with Crippen molar-refractivity contribution in [2.24, 2.45) is 5.92 Å². The summed E-state index contributed by atoms with van der Waals surface area (Å²) in [6, 6.07) is 7.24. The third kappa shape index (κ3) is 4.39. The van der Waals surface area contributed by atoms with E-state index in [1.54, 1.807) is 25.1 Å². The summed E-state index contributed by atoms with van der Waals surface area (Å²) in [6.07, 6.45) is 3.13. The third-order valence-electron chi connectivity index (χ3n) is 6.13. The van der Waals surface area contributed by atoms with Crippen LogP contribution in [0.25, 0.3) is 0 Å². The molecule has 1 aromatic carbocycles. The number of halogens is 2. The van der Waals surface area contributed by atoms with Gasteiger partial charge in [0.15, 0.2) is 9.84 Å². The van der Waals surface area contributed by atoms with Gasteiger partial charge in [-0.05, 0) is 56.4 Å². The molecule has 168 valence electrons. The van der Waals surface area contributed by atoms with Gasteiger partial charge in [-0.15, -0.1) is 0 Å².